The van der Waals surface area contributed by atoms with Gasteiger partial charge in [0, 0.05) is 12.5 Å². The van der Waals surface area contributed by atoms with E-state index >= 15 is 0 Å². The molecule has 0 saturated heterocycles. The Bertz CT molecular complexity index is 270. The molecule has 0 unspecified atom stereocenters. The smallest absolute Gasteiger partial charge is 0.225 e. The summed E-state index contributed by atoms with van der Waals surface area (Å²) in [4.78, 5) is 12.1. The fraction of sp³-hybridized carbons (Fsp3) is 0.923. The average molecular weight is 207 g/mol. The molecule has 2 atom stereocenters. The van der Waals surface area contributed by atoms with Crippen LogP contribution in [0.2, 0.25) is 0 Å². The van der Waals surface area contributed by atoms with Crippen LogP contribution >= 0.6 is 0 Å². The van der Waals surface area contributed by atoms with Crippen LogP contribution in [0.3, 0.4) is 0 Å². The largest absolute Gasteiger partial charge is 0.359 e. The minimum absolute atomic E-state index is 0.0434. The first kappa shape index (κ1) is 9.68. The van der Waals surface area contributed by atoms with Crippen molar-refractivity contribution < 1.29 is 4.79 Å². The van der Waals surface area contributed by atoms with Gasteiger partial charge in [0.1, 0.15) is 0 Å². The molecule has 0 aromatic heterocycles. The first-order valence-electron chi connectivity index (χ1n) is 6.44. The first-order chi connectivity index (χ1) is 7.22. The summed E-state index contributed by atoms with van der Waals surface area (Å²) in [6.45, 7) is 0. The minimum atomic E-state index is 0.0434. The van der Waals surface area contributed by atoms with Crippen LogP contribution in [0.5, 0.6) is 0 Å². The third-order valence-corrected chi connectivity index (χ3v) is 5.06. The lowest BCUT2D eigenvalue weighted by Gasteiger charge is -2.46. The lowest BCUT2D eigenvalue weighted by atomic mass is 9.58. The van der Waals surface area contributed by atoms with E-state index in [0.29, 0.717) is 5.91 Å². The average Bonchev–Trinajstić information content (AvgIpc) is 2.44. The van der Waals surface area contributed by atoms with Gasteiger partial charge in [-0.1, -0.05) is 12.8 Å². The van der Waals surface area contributed by atoms with Crippen LogP contribution < -0.4 is 5.32 Å². The van der Waals surface area contributed by atoms with E-state index in [1.807, 2.05) is 0 Å². The summed E-state index contributed by atoms with van der Waals surface area (Å²) >= 11 is 0. The second-order valence-electron chi connectivity index (χ2n) is 6.12. The predicted octanol–water partition coefficient (Wildman–Crippen LogP) is 2.34. The minimum Gasteiger partial charge on any atom is -0.359 e. The monoisotopic (exact) mass is 207 g/mol. The highest BCUT2D eigenvalue weighted by Crippen LogP contribution is 2.57. The normalized spacial score (nSPS) is 47.7. The second kappa shape index (κ2) is 3.23. The van der Waals surface area contributed by atoms with Crippen LogP contribution in [-0.2, 0) is 4.79 Å². The highest BCUT2D eigenvalue weighted by Gasteiger charge is 2.51. The van der Waals surface area contributed by atoms with Crippen LogP contribution in [0, 0.1) is 23.2 Å². The van der Waals surface area contributed by atoms with Crippen LogP contribution in [0.1, 0.15) is 44.9 Å². The summed E-state index contributed by atoms with van der Waals surface area (Å²) in [7, 11) is 1.80. The summed E-state index contributed by atoms with van der Waals surface area (Å²) in [5, 5.41) is 2.91. The number of carbonyl (C=O) groups excluding carboxylic acids is 1. The molecule has 1 N–H and O–H groups in total. The van der Waals surface area contributed by atoms with Gasteiger partial charge in [0.05, 0.1) is 0 Å². The zero-order chi connectivity index (χ0) is 10.5. The van der Waals surface area contributed by atoms with Crippen molar-refractivity contribution in [2.24, 2.45) is 23.2 Å². The van der Waals surface area contributed by atoms with Gasteiger partial charge in [-0.2, -0.15) is 0 Å². The molecule has 0 aliphatic heterocycles. The molecule has 84 valence electrons. The lowest BCUT2D eigenvalue weighted by molar-refractivity contribution is -0.138. The molecule has 0 aromatic rings. The summed E-state index contributed by atoms with van der Waals surface area (Å²) < 4.78 is 0. The molecule has 1 amide bonds. The van der Waals surface area contributed by atoms with E-state index in [0.717, 1.165) is 17.8 Å². The van der Waals surface area contributed by atoms with E-state index in [2.05, 4.69) is 5.32 Å². The summed E-state index contributed by atoms with van der Waals surface area (Å²) in [6, 6.07) is 0. The fourth-order valence-electron chi connectivity index (χ4n) is 4.73. The SMILES string of the molecule is CNC(=O)C12CC3C[C@@H](CC[C@H](C3)C1)C2. The zero-order valence-electron chi connectivity index (χ0n) is 9.59. The molecule has 4 rings (SSSR count). The van der Waals surface area contributed by atoms with Crippen LogP contribution in [0.25, 0.3) is 0 Å². The first-order valence-corrected chi connectivity index (χ1v) is 6.44. The molecule has 0 radical (unpaired) electrons. The molecule has 0 heterocycles. The van der Waals surface area contributed by atoms with Crippen molar-refractivity contribution in [3.05, 3.63) is 0 Å². The molecule has 4 fully saturated rings. The lowest BCUT2D eigenvalue weighted by Crippen LogP contribution is -2.47. The Kier molecular flexibility index (Phi) is 2.08. The van der Waals surface area contributed by atoms with Crippen LogP contribution in [0.15, 0.2) is 0 Å². The predicted molar refractivity (Wildman–Crippen MR) is 59.3 cm³/mol. The van der Waals surface area contributed by atoms with Gasteiger partial charge in [-0.3, -0.25) is 4.79 Å². The highest BCUT2D eigenvalue weighted by molar-refractivity contribution is 5.82. The summed E-state index contributed by atoms with van der Waals surface area (Å²) in [5.74, 6) is 2.91. The van der Waals surface area contributed by atoms with Crippen molar-refractivity contribution in [1.82, 2.24) is 5.32 Å². The third kappa shape index (κ3) is 1.41. The standard InChI is InChI=1S/C13H21NO/c1-14-12(15)13-6-9-2-3-10(7-13)5-11(4-9)8-13/h9-11H,2-8H2,1H3,(H,14,15)/t9-,10-,11?,13?/m1/s1. The van der Waals surface area contributed by atoms with Crippen molar-refractivity contribution in [2.45, 2.75) is 44.9 Å². The third-order valence-electron chi connectivity index (χ3n) is 5.06. The number of carbonyl (C=O) groups is 1. The van der Waals surface area contributed by atoms with Gasteiger partial charge in [0.2, 0.25) is 5.91 Å². The van der Waals surface area contributed by atoms with E-state index in [9.17, 15) is 4.79 Å². The Morgan fingerprint density at radius 3 is 2.13 bits per heavy atom. The number of hydrogen-bond donors (Lipinski definition) is 1. The topological polar surface area (TPSA) is 29.1 Å². The van der Waals surface area contributed by atoms with Gasteiger partial charge in [-0.25, -0.2) is 0 Å². The Morgan fingerprint density at radius 2 is 1.60 bits per heavy atom. The molecule has 4 saturated carbocycles. The number of hydrogen-bond acceptors (Lipinski definition) is 1. The summed E-state index contributed by atoms with van der Waals surface area (Å²) in [6.07, 6.45) is 9.14. The van der Waals surface area contributed by atoms with Crippen LogP contribution in [0.4, 0.5) is 0 Å². The Hall–Kier alpha value is -0.530. The highest BCUT2D eigenvalue weighted by atomic mass is 16.2. The fourth-order valence-corrected chi connectivity index (χ4v) is 4.73. The molecule has 0 aromatic carbocycles. The van der Waals surface area contributed by atoms with E-state index in [-0.39, 0.29) is 5.41 Å². The maximum absolute atomic E-state index is 12.1. The molecule has 2 heteroatoms. The van der Waals surface area contributed by atoms with Crippen LogP contribution in [-0.4, -0.2) is 13.0 Å². The molecule has 0 spiro atoms. The van der Waals surface area contributed by atoms with Gasteiger partial charge in [0.15, 0.2) is 0 Å². The van der Waals surface area contributed by atoms with E-state index in [4.69, 9.17) is 0 Å². The van der Waals surface area contributed by atoms with E-state index in [1.165, 1.54) is 44.9 Å². The quantitative estimate of drug-likeness (QED) is 0.702. The van der Waals surface area contributed by atoms with Crippen molar-refractivity contribution in [3.63, 3.8) is 0 Å². The van der Waals surface area contributed by atoms with Gasteiger partial charge in [0.25, 0.3) is 0 Å². The molecule has 2 nitrogen and oxygen atoms in total. The maximum atomic E-state index is 12.1. The van der Waals surface area contributed by atoms with Gasteiger partial charge in [-0.15, -0.1) is 0 Å². The van der Waals surface area contributed by atoms with Crippen molar-refractivity contribution in [3.8, 4) is 0 Å². The maximum Gasteiger partial charge on any atom is 0.225 e. The van der Waals surface area contributed by atoms with Gasteiger partial charge >= 0.3 is 0 Å². The van der Waals surface area contributed by atoms with Crippen molar-refractivity contribution in [2.75, 3.05) is 7.05 Å². The number of rotatable bonds is 1. The molecule has 4 aliphatic carbocycles. The Balaban J connectivity index is 1.93. The molecule has 15 heavy (non-hydrogen) atoms. The van der Waals surface area contributed by atoms with Crippen molar-refractivity contribution in [1.29, 1.82) is 0 Å². The Labute approximate surface area is 91.8 Å². The molecule has 4 aliphatic rings. The summed E-state index contributed by atoms with van der Waals surface area (Å²) in [5.41, 5.74) is 0.0434. The van der Waals surface area contributed by atoms with Crippen molar-refractivity contribution >= 4 is 5.91 Å². The van der Waals surface area contributed by atoms with E-state index in [1.54, 1.807) is 7.05 Å². The number of nitrogens with one attached hydrogen (secondary N) is 1. The molecular formula is C13H21NO. The molecular weight excluding hydrogens is 186 g/mol. The second-order valence-corrected chi connectivity index (χ2v) is 6.12. The van der Waals surface area contributed by atoms with E-state index < -0.39 is 0 Å². The van der Waals surface area contributed by atoms with Gasteiger partial charge < -0.3 is 5.32 Å². The zero-order valence-corrected chi connectivity index (χ0v) is 9.59. The number of fused-ring (bicyclic) bond motifs is 1. The van der Waals surface area contributed by atoms with Gasteiger partial charge in [-0.05, 0) is 49.9 Å². The molecule has 4 bridgehead atoms. The number of amides is 1. The Morgan fingerprint density at radius 1 is 1.07 bits per heavy atom.